The van der Waals surface area contributed by atoms with Gasteiger partial charge in [-0.25, -0.2) is 12.1 Å². The van der Waals surface area contributed by atoms with Crippen LogP contribution in [0.4, 0.5) is 0 Å². The van der Waals surface area contributed by atoms with Crippen molar-refractivity contribution < 1.29 is 51.0 Å². The Hall–Kier alpha value is 0.163. The summed E-state index contributed by atoms with van der Waals surface area (Å²) in [5.74, 6) is 0. The Morgan fingerprint density at radius 2 is 0.880 bits per heavy atom. The van der Waals surface area contributed by atoms with Gasteiger partial charge in [0.1, 0.15) is 0 Å². The van der Waals surface area contributed by atoms with Crippen LogP contribution in [-0.2, 0) is 37.0 Å². The molecule has 0 atom stereocenters. The summed E-state index contributed by atoms with van der Waals surface area (Å²) in [7, 11) is 0. The summed E-state index contributed by atoms with van der Waals surface area (Å²) in [5.41, 5.74) is 9.31. The standard InChI is InChI=1S/2C11H17.2ClH.Zr/c2*1-8-6-7-10(9(8)2)11(3,4)5;;;/h2*6-7H,1-5H3;2*1H;/q2*-1;;;+4/p-2. The number of hydrogen-bond acceptors (Lipinski definition) is 0. The van der Waals surface area contributed by atoms with Gasteiger partial charge in [0.2, 0.25) is 0 Å². The van der Waals surface area contributed by atoms with Gasteiger partial charge in [-0.2, -0.15) is 45.5 Å². The van der Waals surface area contributed by atoms with Crippen molar-refractivity contribution in [2.24, 2.45) is 0 Å². The Bertz CT molecular complexity index is 563. The summed E-state index contributed by atoms with van der Waals surface area (Å²) < 4.78 is 0. The van der Waals surface area contributed by atoms with Crippen LogP contribution in [0, 0.1) is 27.7 Å². The molecule has 2 aromatic carbocycles. The Morgan fingerprint density at radius 1 is 0.640 bits per heavy atom. The zero-order chi connectivity index (χ0) is 17.3. The summed E-state index contributed by atoms with van der Waals surface area (Å²) in [5, 5.41) is 0. The zero-order valence-corrected chi connectivity index (χ0v) is 21.5. The molecule has 0 aromatic heterocycles. The van der Waals surface area contributed by atoms with Crippen molar-refractivity contribution in [2.75, 3.05) is 0 Å². The number of aryl methyl sites for hydroxylation is 2. The second-order valence-electron chi connectivity index (χ2n) is 8.61. The van der Waals surface area contributed by atoms with E-state index in [0.717, 1.165) is 0 Å². The zero-order valence-electron chi connectivity index (χ0n) is 17.6. The van der Waals surface area contributed by atoms with Crippen LogP contribution in [0.15, 0.2) is 24.3 Å². The first kappa shape index (κ1) is 29.9. The first-order chi connectivity index (χ1) is 9.85. The molecule has 2 rings (SSSR count). The molecule has 0 aliphatic rings. The Labute approximate surface area is 187 Å². The van der Waals surface area contributed by atoms with Crippen molar-refractivity contribution in [2.45, 2.75) is 80.1 Å². The molecule has 0 spiro atoms. The summed E-state index contributed by atoms with van der Waals surface area (Å²) in [6, 6.07) is 8.89. The van der Waals surface area contributed by atoms with Crippen molar-refractivity contribution in [3.8, 4) is 0 Å². The average Bonchev–Trinajstić information content (AvgIpc) is 2.84. The van der Waals surface area contributed by atoms with E-state index < -0.39 is 0 Å². The maximum Gasteiger partial charge on any atom is 4.00 e. The molecule has 0 N–H and O–H groups in total. The van der Waals surface area contributed by atoms with Crippen LogP contribution in [0.1, 0.15) is 74.9 Å². The molecule has 0 aliphatic carbocycles. The minimum atomic E-state index is 0. The first-order valence-corrected chi connectivity index (χ1v) is 8.32. The van der Waals surface area contributed by atoms with Crippen LogP contribution in [0.2, 0.25) is 0 Å². The SMILES string of the molecule is Cc1c(C(C)(C)C)cc[c-]1C.Cc1c(C(C)(C)C)cc[c-]1C.[Cl-].[Cl-].[Zr+4]. The third-order valence-electron chi connectivity index (χ3n) is 4.61. The molecule has 0 radical (unpaired) electrons. The molecule has 0 fully saturated rings. The third-order valence-corrected chi connectivity index (χ3v) is 4.61. The van der Waals surface area contributed by atoms with Crippen LogP contribution in [-0.4, -0.2) is 0 Å². The molecule has 0 aliphatic heterocycles. The van der Waals surface area contributed by atoms with E-state index >= 15 is 0 Å². The van der Waals surface area contributed by atoms with E-state index in [2.05, 4.69) is 93.5 Å². The molecule has 0 saturated heterocycles. The smallest absolute Gasteiger partial charge is 1.00 e. The molecule has 0 saturated carbocycles. The van der Waals surface area contributed by atoms with Gasteiger partial charge in [-0.15, -0.1) is 0 Å². The molecule has 2 aromatic rings. The van der Waals surface area contributed by atoms with Gasteiger partial charge in [0, 0.05) is 0 Å². The third kappa shape index (κ3) is 8.15. The summed E-state index contributed by atoms with van der Waals surface area (Å²) in [4.78, 5) is 0. The van der Waals surface area contributed by atoms with Gasteiger partial charge in [-0.05, 0) is 0 Å². The van der Waals surface area contributed by atoms with E-state index in [4.69, 9.17) is 0 Å². The largest absolute Gasteiger partial charge is 4.00 e. The van der Waals surface area contributed by atoms with Gasteiger partial charge in [0.25, 0.3) is 0 Å². The first-order valence-electron chi connectivity index (χ1n) is 8.32. The molecule has 3 heteroatoms. The van der Waals surface area contributed by atoms with Gasteiger partial charge in [0.15, 0.2) is 0 Å². The Kier molecular flexibility index (Phi) is 13.3. The minimum Gasteiger partial charge on any atom is -1.00 e. The van der Waals surface area contributed by atoms with Crippen molar-refractivity contribution >= 4 is 0 Å². The van der Waals surface area contributed by atoms with E-state index in [1.807, 2.05) is 0 Å². The summed E-state index contributed by atoms with van der Waals surface area (Å²) in [6.45, 7) is 22.3. The average molecular weight is 461 g/mol. The summed E-state index contributed by atoms with van der Waals surface area (Å²) >= 11 is 0. The van der Waals surface area contributed by atoms with Gasteiger partial charge < -0.3 is 24.8 Å². The van der Waals surface area contributed by atoms with Crippen molar-refractivity contribution in [1.29, 1.82) is 0 Å². The number of halogens is 2. The van der Waals surface area contributed by atoms with E-state index in [1.165, 1.54) is 33.4 Å². The Balaban J connectivity index is -0.000000346. The fourth-order valence-corrected chi connectivity index (χ4v) is 2.97. The molecule has 0 nitrogen and oxygen atoms in total. The molecule has 0 heterocycles. The van der Waals surface area contributed by atoms with Crippen LogP contribution >= 0.6 is 0 Å². The fraction of sp³-hybridized carbons (Fsp3) is 0.545. The second-order valence-corrected chi connectivity index (χ2v) is 8.61. The van der Waals surface area contributed by atoms with Crippen LogP contribution < -0.4 is 24.8 Å². The molecular formula is C22H34Cl2Zr. The van der Waals surface area contributed by atoms with E-state index in [1.54, 1.807) is 0 Å². The Morgan fingerprint density at radius 3 is 0.960 bits per heavy atom. The maximum atomic E-state index is 2.26. The predicted octanol–water partition coefficient (Wildman–Crippen LogP) is 0.645. The maximum absolute atomic E-state index is 2.26. The quantitative estimate of drug-likeness (QED) is 0.507. The van der Waals surface area contributed by atoms with E-state index in [0.29, 0.717) is 10.8 Å². The molecule has 0 bridgehead atoms. The second kappa shape index (κ2) is 11.1. The van der Waals surface area contributed by atoms with Gasteiger partial charge in [-0.1, -0.05) is 80.1 Å². The molecule has 140 valence electrons. The fourth-order valence-electron chi connectivity index (χ4n) is 2.97. The van der Waals surface area contributed by atoms with Crippen molar-refractivity contribution in [3.05, 3.63) is 57.6 Å². The van der Waals surface area contributed by atoms with Crippen molar-refractivity contribution in [3.63, 3.8) is 0 Å². The molecule has 0 amide bonds. The predicted molar refractivity (Wildman–Crippen MR) is 100 cm³/mol. The number of hydrogen-bond donors (Lipinski definition) is 0. The van der Waals surface area contributed by atoms with Crippen LogP contribution in [0.5, 0.6) is 0 Å². The molecule has 25 heavy (non-hydrogen) atoms. The topological polar surface area (TPSA) is 0 Å². The normalized spacial score (nSPS) is 10.6. The van der Waals surface area contributed by atoms with Crippen molar-refractivity contribution in [1.82, 2.24) is 0 Å². The molecular weight excluding hydrogens is 426 g/mol. The minimum absolute atomic E-state index is 0. The monoisotopic (exact) mass is 458 g/mol. The van der Waals surface area contributed by atoms with Crippen LogP contribution in [0.3, 0.4) is 0 Å². The number of rotatable bonds is 0. The van der Waals surface area contributed by atoms with E-state index in [9.17, 15) is 0 Å². The summed E-state index contributed by atoms with van der Waals surface area (Å²) in [6.07, 6.45) is 0. The van der Waals surface area contributed by atoms with Crippen LogP contribution in [0.25, 0.3) is 0 Å². The molecule has 0 unspecified atom stereocenters. The van der Waals surface area contributed by atoms with E-state index in [-0.39, 0.29) is 51.0 Å². The van der Waals surface area contributed by atoms with Gasteiger partial charge in [-0.3, -0.25) is 0 Å². The van der Waals surface area contributed by atoms with Gasteiger partial charge in [0.05, 0.1) is 0 Å². The van der Waals surface area contributed by atoms with Gasteiger partial charge >= 0.3 is 26.2 Å².